The van der Waals surface area contributed by atoms with Crippen molar-refractivity contribution in [2.75, 3.05) is 7.11 Å². The molecule has 0 heterocycles. The number of esters is 1. The molecule has 0 radical (unpaired) electrons. The van der Waals surface area contributed by atoms with Crippen LogP contribution in [0.5, 0.6) is 0 Å². The molecular weight excluding hydrogens is 352 g/mol. The summed E-state index contributed by atoms with van der Waals surface area (Å²) >= 11 is 6.67. The number of carbonyl (C=O) groups excluding carboxylic acids is 2. The van der Waals surface area contributed by atoms with Crippen LogP contribution < -0.4 is 0 Å². The van der Waals surface area contributed by atoms with E-state index in [4.69, 9.17) is 0 Å². The average Bonchev–Trinajstić information content (AvgIpc) is 2.30. The number of hydrogen-bond donors (Lipinski definition) is 0. The van der Waals surface area contributed by atoms with Crippen molar-refractivity contribution in [2.24, 2.45) is 0 Å². The van der Waals surface area contributed by atoms with Crippen LogP contribution in [0.4, 0.5) is 0 Å². The number of hydrogen-bond acceptors (Lipinski definition) is 3. The number of carbonyl (C=O) groups is 2. The molecule has 5 heteroatoms. The Morgan fingerprint density at radius 2 is 2.06 bits per heavy atom. The first kappa shape index (κ1) is 14.4. The second kappa shape index (κ2) is 6.31. The van der Waals surface area contributed by atoms with E-state index in [-0.39, 0.29) is 18.2 Å². The van der Waals surface area contributed by atoms with Crippen molar-refractivity contribution in [3.8, 4) is 0 Å². The molecule has 0 aliphatic rings. The van der Waals surface area contributed by atoms with Crippen molar-refractivity contribution in [1.29, 1.82) is 0 Å². The highest BCUT2D eigenvalue weighted by molar-refractivity contribution is 9.10. The van der Waals surface area contributed by atoms with Crippen LogP contribution >= 0.6 is 31.9 Å². The lowest BCUT2D eigenvalue weighted by Gasteiger charge is -2.12. The van der Waals surface area contributed by atoms with Crippen LogP contribution in [0.15, 0.2) is 22.7 Å². The molecule has 0 N–H and O–H groups in total. The predicted molar refractivity (Wildman–Crippen MR) is 72.2 cm³/mol. The normalized spacial score (nSPS) is 12.0. The van der Waals surface area contributed by atoms with Crippen molar-refractivity contribution in [3.63, 3.8) is 0 Å². The molecule has 1 aromatic carbocycles. The number of alkyl halides is 1. The molecule has 1 rings (SSSR count). The van der Waals surface area contributed by atoms with Gasteiger partial charge in [-0.1, -0.05) is 37.9 Å². The lowest BCUT2D eigenvalue weighted by Crippen LogP contribution is -2.10. The molecule has 3 nitrogen and oxygen atoms in total. The van der Waals surface area contributed by atoms with E-state index < -0.39 is 4.83 Å². The third-order valence-corrected chi connectivity index (χ3v) is 3.93. The van der Waals surface area contributed by atoms with Crippen LogP contribution in [0.2, 0.25) is 0 Å². The zero-order valence-electron chi connectivity index (χ0n) is 9.50. The number of halogens is 2. The van der Waals surface area contributed by atoms with Gasteiger partial charge in [0.2, 0.25) is 0 Å². The fourth-order valence-corrected chi connectivity index (χ4v) is 2.21. The summed E-state index contributed by atoms with van der Waals surface area (Å²) in [6.45, 7) is 1.50. The van der Waals surface area contributed by atoms with Gasteiger partial charge in [-0.25, -0.2) is 0 Å². The van der Waals surface area contributed by atoms with Gasteiger partial charge in [-0.05, 0) is 30.2 Å². The van der Waals surface area contributed by atoms with Crippen LogP contribution in [-0.4, -0.2) is 18.9 Å². The molecule has 0 aliphatic carbocycles. The van der Waals surface area contributed by atoms with E-state index in [1.807, 2.05) is 18.2 Å². The van der Waals surface area contributed by atoms with E-state index in [2.05, 4.69) is 36.6 Å². The van der Waals surface area contributed by atoms with E-state index in [0.717, 1.165) is 15.6 Å². The summed E-state index contributed by atoms with van der Waals surface area (Å²) in [5.41, 5.74) is 1.58. The SMILES string of the molecule is COC(=O)Cc1ccc(Br)cc1C(Br)C(C)=O. The molecule has 0 spiro atoms. The molecule has 92 valence electrons. The van der Waals surface area contributed by atoms with Gasteiger partial charge in [0.15, 0.2) is 0 Å². The smallest absolute Gasteiger partial charge is 0.309 e. The summed E-state index contributed by atoms with van der Waals surface area (Å²) in [5, 5.41) is 0. The van der Waals surface area contributed by atoms with Crippen LogP contribution in [0.1, 0.15) is 22.9 Å². The van der Waals surface area contributed by atoms with E-state index in [0.29, 0.717) is 0 Å². The molecule has 1 atom stereocenters. The molecule has 0 aliphatic heterocycles. The minimum absolute atomic E-state index is 0.00536. The Morgan fingerprint density at radius 1 is 1.41 bits per heavy atom. The number of ketones is 1. The first-order valence-electron chi connectivity index (χ1n) is 4.95. The van der Waals surface area contributed by atoms with Gasteiger partial charge in [-0.2, -0.15) is 0 Å². The van der Waals surface area contributed by atoms with Gasteiger partial charge in [0.05, 0.1) is 18.4 Å². The molecule has 0 amide bonds. The zero-order chi connectivity index (χ0) is 13.0. The van der Waals surface area contributed by atoms with E-state index >= 15 is 0 Å². The molecule has 1 aromatic rings. The molecule has 0 saturated heterocycles. The maximum atomic E-state index is 11.4. The van der Waals surface area contributed by atoms with Crippen LogP contribution in [0.25, 0.3) is 0 Å². The van der Waals surface area contributed by atoms with Crippen LogP contribution in [0.3, 0.4) is 0 Å². The predicted octanol–water partition coefficient (Wildman–Crippen LogP) is 3.19. The number of methoxy groups -OCH3 is 1. The van der Waals surface area contributed by atoms with Gasteiger partial charge in [-0.3, -0.25) is 9.59 Å². The Balaban J connectivity index is 3.12. The van der Waals surface area contributed by atoms with E-state index in [9.17, 15) is 9.59 Å². The average molecular weight is 364 g/mol. The Morgan fingerprint density at radius 3 is 2.59 bits per heavy atom. The highest BCUT2D eigenvalue weighted by atomic mass is 79.9. The van der Waals surface area contributed by atoms with E-state index in [1.165, 1.54) is 14.0 Å². The summed E-state index contributed by atoms with van der Waals surface area (Å²) in [7, 11) is 1.34. The fourth-order valence-electron chi connectivity index (χ4n) is 1.41. The third-order valence-electron chi connectivity index (χ3n) is 2.30. The molecule has 0 aromatic heterocycles. The Bertz CT molecular complexity index is 443. The summed E-state index contributed by atoms with van der Waals surface area (Å²) < 4.78 is 5.50. The number of rotatable bonds is 4. The maximum Gasteiger partial charge on any atom is 0.309 e. The quantitative estimate of drug-likeness (QED) is 0.609. The van der Waals surface area contributed by atoms with Crippen LogP contribution in [0, 0.1) is 0 Å². The molecule has 1 unspecified atom stereocenters. The van der Waals surface area contributed by atoms with Gasteiger partial charge < -0.3 is 4.74 Å². The molecule has 0 fully saturated rings. The van der Waals surface area contributed by atoms with Gasteiger partial charge >= 0.3 is 5.97 Å². The molecule has 17 heavy (non-hydrogen) atoms. The van der Waals surface area contributed by atoms with Gasteiger partial charge in [0.25, 0.3) is 0 Å². The molecule has 0 saturated carbocycles. The van der Waals surface area contributed by atoms with E-state index in [1.54, 1.807) is 0 Å². The standard InChI is InChI=1S/C12H12Br2O3/c1-7(15)12(14)10-6-9(13)4-3-8(10)5-11(16)17-2/h3-4,6,12H,5H2,1-2H3. The van der Waals surface area contributed by atoms with Gasteiger partial charge in [-0.15, -0.1) is 0 Å². The first-order valence-corrected chi connectivity index (χ1v) is 6.66. The van der Waals surface area contributed by atoms with Crippen molar-refractivity contribution in [1.82, 2.24) is 0 Å². The monoisotopic (exact) mass is 362 g/mol. The minimum Gasteiger partial charge on any atom is -0.469 e. The molecule has 0 bridgehead atoms. The van der Waals surface area contributed by atoms with Gasteiger partial charge in [0, 0.05) is 4.47 Å². The Hall–Kier alpha value is -0.680. The highest BCUT2D eigenvalue weighted by Gasteiger charge is 2.18. The second-order valence-electron chi connectivity index (χ2n) is 3.57. The minimum atomic E-state index is -0.403. The summed E-state index contributed by atoms with van der Waals surface area (Å²) in [4.78, 5) is 22.3. The lowest BCUT2D eigenvalue weighted by atomic mass is 10.0. The highest BCUT2D eigenvalue weighted by Crippen LogP contribution is 2.30. The fraction of sp³-hybridized carbons (Fsp3) is 0.333. The van der Waals surface area contributed by atoms with Crippen molar-refractivity contribution in [3.05, 3.63) is 33.8 Å². The van der Waals surface area contributed by atoms with Gasteiger partial charge in [0.1, 0.15) is 5.78 Å². The Kier molecular flexibility index (Phi) is 5.33. The first-order chi connectivity index (χ1) is 7.95. The molecular formula is C12H12Br2O3. The van der Waals surface area contributed by atoms with Crippen molar-refractivity contribution >= 4 is 43.6 Å². The van der Waals surface area contributed by atoms with Crippen LogP contribution in [-0.2, 0) is 20.7 Å². The topological polar surface area (TPSA) is 43.4 Å². The van der Waals surface area contributed by atoms with Crippen molar-refractivity contribution in [2.45, 2.75) is 18.2 Å². The summed E-state index contributed by atoms with van der Waals surface area (Å²) in [6.07, 6.45) is 0.161. The number of benzene rings is 1. The largest absolute Gasteiger partial charge is 0.469 e. The Labute approximate surface area is 117 Å². The number of ether oxygens (including phenoxy) is 1. The number of Topliss-reactive ketones (excluding diaryl/α,β-unsaturated/α-hetero) is 1. The summed E-state index contributed by atoms with van der Waals surface area (Å²) in [5.74, 6) is -0.328. The maximum absolute atomic E-state index is 11.4. The second-order valence-corrected chi connectivity index (χ2v) is 5.40. The lowest BCUT2D eigenvalue weighted by molar-refractivity contribution is -0.139. The summed E-state index contributed by atoms with van der Waals surface area (Å²) in [6, 6.07) is 5.48. The zero-order valence-corrected chi connectivity index (χ0v) is 12.7. The van der Waals surface area contributed by atoms with Crippen molar-refractivity contribution < 1.29 is 14.3 Å². The third kappa shape index (κ3) is 3.92.